The summed E-state index contributed by atoms with van der Waals surface area (Å²) in [6, 6.07) is 17.0. The molecule has 0 amide bonds. The van der Waals surface area contributed by atoms with Crippen LogP contribution in [0.2, 0.25) is 0 Å². The molecule has 7 heteroatoms. The van der Waals surface area contributed by atoms with Gasteiger partial charge in [0.25, 0.3) is 0 Å². The molecule has 1 aliphatic rings. The van der Waals surface area contributed by atoms with Crippen molar-refractivity contribution in [2.24, 2.45) is 0 Å². The molecule has 5 rings (SSSR count). The molecule has 1 saturated heterocycles. The lowest BCUT2D eigenvalue weighted by Crippen LogP contribution is -2.38. The minimum absolute atomic E-state index is 0.206. The molecule has 0 atom stereocenters. The predicted molar refractivity (Wildman–Crippen MR) is 115 cm³/mol. The molecule has 0 N–H and O–H groups in total. The van der Waals surface area contributed by atoms with Gasteiger partial charge in [0.05, 0.1) is 12.6 Å². The van der Waals surface area contributed by atoms with Gasteiger partial charge >= 0.3 is 0 Å². The van der Waals surface area contributed by atoms with Crippen LogP contribution >= 0.6 is 0 Å². The Morgan fingerprint density at radius 1 is 0.966 bits per heavy atom. The van der Waals surface area contributed by atoms with Gasteiger partial charge in [0.15, 0.2) is 5.65 Å². The van der Waals surface area contributed by atoms with E-state index in [-0.39, 0.29) is 6.04 Å². The second-order valence-electron chi connectivity index (χ2n) is 7.64. The van der Waals surface area contributed by atoms with E-state index in [4.69, 9.17) is 0 Å². The Hall–Kier alpha value is -2.77. The molecule has 1 fully saturated rings. The summed E-state index contributed by atoms with van der Waals surface area (Å²) in [5.41, 5.74) is 3.92. The predicted octanol–water partition coefficient (Wildman–Crippen LogP) is 3.85. The van der Waals surface area contributed by atoms with Gasteiger partial charge in [-0.2, -0.15) is 0 Å². The topological polar surface area (TPSA) is 68.1 Å². The van der Waals surface area contributed by atoms with Crippen LogP contribution in [-0.4, -0.2) is 46.6 Å². The molecule has 2 aromatic heterocycles. The van der Waals surface area contributed by atoms with Crippen molar-refractivity contribution in [3.05, 3.63) is 61.1 Å². The second kappa shape index (κ2) is 6.93. The number of hydrogen-bond donors (Lipinski definition) is 0. The van der Waals surface area contributed by atoms with Gasteiger partial charge in [0, 0.05) is 30.9 Å². The van der Waals surface area contributed by atoms with Crippen molar-refractivity contribution in [2.45, 2.75) is 18.9 Å². The number of sulfonamides is 1. The molecule has 29 heavy (non-hydrogen) atoms. The van der Waals surface area contributed by atoms with Gasteiger partial charge in [-0.25, -0.2) is 22.7 Å². The van der Waals surface area contributed by atoms with Crippen LogP contribution in [0.15, 0.2) is 61.1 Å². The largest absolute Gasteiger partial charge is 0.312 e. The summed E-state index contributed by atoms with van der Waals surface area (Å²) in [5.74, 6) is 0. The van der Waals surface area contributed by atoms with Gasteiger partial charge in [-0.15, -0.1) is 0 Å². The molecule has 0 radical (unpaired) electrons. The van der Waals surface area contributed by atoms with Crippen molar-refractivity contribution >= 4 is 32.0 Å². The molecule has 3 heterocycles. The van der Waals surface area contributed by atoms with Gasteiger partial charge in [-0.05, 0) is 41.3 Å². The molecule has 0 bridgehead atoms. The Labute approximate surface area is 169 Å². The Bertz CT molecular complexity index is 1300. The first-order valence-electron chi connectivity index (χ1n) is 9.76. The highest BCUT2D eigenvalue weighted by Gasteiger charge is 2.27. The third kappa shape index (κ3) is 3.30. The molecular weight excluding hydrogens is 384 g/mol. The highest BCUT2D eigenvalue weighted by Crippen LogP contribution is 2.32. The minimum atomic E-state index is -3.13. The number of fused-ring (bicyclic) bond motifs is 2. The average molecular weight is 407 g/mol. The van der Waals surface area contributed by atoms with E-state index in [0.717, 1.165) is 35.1 Å². The van der Waals surface area contributed by atoms with Gasteiger partial charge < -0.3 is 4.57 Å². The molecule has 0 aliphatic carbocycles. The van der Waals surface area contributed by atoms with Gasteiger partial charge in [-0.1, -0.05) is 36.4 Å². The Kier molecular flexibility index (Phi) is 4.37. The third-order valence-electron chi connectivity index (χ3n) is 5.81. The Balaban J connectivity index is 1.51. The van der Waals surface area contributed by atoms with Crippen LogP contribution in [0.3, 0.4) is 0 Å². The van der Waals surface area contributed by atoms with Gasteiger partial charge in [0.1, 0.15) is 5.52 Å². The van der Waals surface area contributed by atoms with E-state index >= 15 is 0 Å². The van der Waals surface area contributed by atoms with E-state index in [1.54, 1.807) is 4.31 Å². The van der Waals surface area contributed by atoms with Crippen molar-refractivity contribution in [3.8, 4) is 11.1 Å². The fourth-order valence-electron chi connectivity index (χ4n) is 4.24. The van der Waals surface area contributed by atoms with E-state index in [9.17, 15) is 8.42 Å². The summed E-state index contributed by atoms with van der Waals surface area (Å²) in [5, 5.41) is 2.41. The highest BCUT2D eigenvalue weighted by atomic mass is 32.2. The molecule has 4 aromatic rings. The highest BCUT2D eigenvalue weighted by molar-refractivity contribution is 7.88. The first-order valence-corrected chi connectivity index (χ1v) is 11.6. The maximum Gasteiger partial charge on any atom is 0.211 e. The second-order valence-corrected chi connectivity index (χ2v) is 9.62. The number of aromatic nitrogens is 3. The van der Waals surface area contributed by atoms with Crippen molar-refractivity contribution in [2.75, 3.05) is 19.3 Å². The number of rotatable bonds is 3. The lowest BCUT2D eigenvalue weighted by atomic mass is 10.0. The number of benzene rings is 2. The molecule has 1 aliphatic heterocycles. The number of nitrogens with zero attached hydrogens (tertiary/aromatic N) is 4. The quantitative estimate of drug-likeness (QED) is 0.518. The van der Waals surface area contributed by atoms with Crippen molar-refractivity contribution in [1.29, 1.82) is 0 Å². The molecule has 148 valence electrons. The molecule has 6 nitrogen and oxygen atoms in total. The summed E-state index contributed by atoms with van der Waals surface area (Å²) in [6.45, 7) is 1.07. The fourth-order valence-corrected chi connectivity index (χ4v) is 5.12. The summed E-state index contributed by atoms with van der Waals surface area (Å²) < 4.78 is 27.2. The smallest absolute Gasteiger partial charge is 0.211 e. The fraction of sp³-hybridized carbons (Fsp3) is 0.273. The van der Waals surface area contributed by atoms with E-state index in [1.165, 1.54) is 17.0 Å². The zero-order valence-electron chi connectivity index (χ0n) is 16.2. The van der Waals surface area contributed by atoms with Crippen LogP contribution < -0.4 is 0 Å². The van der Waals surface area contributed by atoms with E-state index in [1.807, 2.05) is 30.7 Å². The Morgan fingerprint density at radius 3 is 2.48 bits per heavy atom. The molecule has 2 aromatic carbocycles. The number of pyridine rings is 1. The first-order chi connectivity index (χ1) is 14.0. The van der Waals surface area contributed by atoms with Crippen LogP contribution in [-0.2, 0) is 10.0 Å². The summed E-state index contributed by atoms with van der Waals surface area (Å²) in [6.07, 6.45) is 6.48. The monoisotopic (exact) mass is 406 g/mol. The zero-order chi connectivity index (χ0) is 20.0. The first kappa shape index (κ1) is 18.3. The van der Waals surface area contributed by atoms with E-state index < -0.39 is 10.0 Å². The van der Waals surface area contributed by atoms with Crippen molar-refractivity contribution in [3.63, 3.8) is 0 Å². The maximum atomic E-state index is 11.8. The molecule has 0 saturated carbocycles. The van der Waals surface area contributed by atoms with Crippen LogP contribution in [0.1, 0.15) is 18.9 Å². The summed E-state index contributed by atoms with van der Waals surface area (Å²) in [7, 11) is -3.13. The summed E-state index contributed by atoms with van der Waals surface area (Å²) >= 11 is 0. The maximum absolute atomic E-state index is 11.8. The lowest BCUT2D eigenvalue weighted by molar-refractivity contribution is 0.278. The van der Waals surface area contributed by atoms with Crippen LogP contribution in [0.5, 0.6) is 0 Å². The van der Waals surface area contributed by atoms with Crippen LogP contribution in [0.4, 0.5) is 0 Å². The van der Waals surface area contributed by atoms with Crippen molar-refractivity contribution < 1.29 is 8.42 Å². The number of imidazole rings is 1. The molecular formula is C22H22N4O2S. The van der Waals surface area contributed by atoms with Crippen molar-refractivity contribution in [1.82, 2.24) is 18.8 Å². The third-order valence-corrected chi connectivity index (χ3v) is 7.11. The molecule has 0 spiro atoms. The van der Waals surface area contributed by atoms with Gasteiger partial charge in [0.2, 0.25) is 10.0 Å². The normalized spacial score (nSPS) is 16.6. The SMILES string of the molecule is CS(=O)(=O)N1CCC(n2cnc3c(-c4ccc5ccccc5c4)ccnc32)CC1. The standard InChI is InChI=1S/C22H22N4O2S/c1-29(27,28)25-12-9-19(10-13-25)26-15-24-21-20(8-11-23-22(21)26)18-7-6-16-4-2-3-5-17(16)14-18/h2-8,11,14-15,19H,9-10,12-13H2,1H3. The van der Waals surface area contributed by atoms with E-state index in [0.29, 0.717) is 13.1 Å². The minimum Gasteiger partial charge on any atom is -0.312 e. The van der Waals surface area contributed by atoms with E-state index in [2.05, 4.69) is 44.9 Å². The average Bonchev–Trinajstić information content (AvgIpc) is 3.17. The van der Waals surface area contributed by atoms with Crippen LogP contribution in [0.25, 0.3) is 33.1 Å². The Morgan fingerprint density at radius 2 is 1.72 bits per heavy atom. The number of hydrogen-bond acceptors (Lipinski definition) is 4. The lowest BCUT2D eigenvalue weighted by Gasteiger charge is -2.30. The molecule has 0 unspecified atom stereocenters. The zero-order valence-corrected chi connectivity index (χ0v) is 17.0. The summed E-state index contributed by atoms with van der Waals surface area (Å²) in [4.78, 5) is 9.29. The number of piperidine rings is 1. The van der Waals surface area contributed by atoms with Crippen LogP contribution in [0, 0.1) is 0 Å². The van der Waals surface area contributed by atoms with Gasteiger partial charge in [-0.3, -0.25) is 0 Å².